The van der Waals surface area contributed by atoms with Gasteiger partial charge in [0, 0.05) is 29.0 Å². The molecule has 2 rings (SSSR count). The number of hydrogen-bond donors (Lipinski definition) is 1. The summed E-state index contributed by atoms with van der Waals surface area (Å²) >= 11 is 6.01. The summed E-state index contributed by atoms with van der Waals surface area (Å²) in [6, 6.07) is 8.76. The van der Waals surface area contributed by atoms with Crippen LogP contribution >= 0.6 is 11.6 Å². The van der Waals surface area contributed by atoms with Crippen molar-refractivity contribution in [1.29, 1.82) is 0 Å². The fourth-order valence-electron chi connectivity index (χ4n) is 3.10. The number of benzene rings is 1. The van der Waals surface area contributed by atoms with Gasteiger partial charge in [-0.3, -0.25) is 14.4 Å². The maximum absolute atomic E-state index is 12.9. The highest BCUT2D eigenvalue weighted by Crippen LogP contribution is 2.27. The molecular weight excluding hydrogens is 444 g/mol. The van der Waals surface area contributed by atoms with Gasteiger partial charge in [0.25, 0.3) is 0 Å². The summed E-state index contributed by atoms with van der Waals surface area (Å²) in [5, 5.41) is 8.16. The van der Waals surface area contributed by atoms with Gasteiger partial charge in [-0.15, -0.1) is 0 Å². The second-order valence-electron chi connectivity index (χ2n) is 9.02. The molecule has 33 heavy (non-hydrogen) atoms. The van der Waals surface area contributed by atoms with E-state index in [0.717, 1.165) is 11.4 Å². The van der Waals surface area contributed by atoms with Gasteiger partial charge in [0.2, 0.25) is 11.8 Å². The van der Waals surface area contributed by atoms with Gasteiger partial charge in [0.1, 0.15) is 12.4 Å². The van der Waals surface area contributed by atoms with Crippen LogP contribution in [0.5, 0.6) is 0 Å². The van der Waals surface area contributed by atoms with E-state index in [9.17, 15) is 14.4 Å². The summed E-state index contributed by atoms with van der Waals surface area (Å²) in [5.74, 6) is -0.575. The van der Waals surface area contributed by atoms with Crippen molar-refractivity contribution < 1.29 is 19.1 Å². The lowest BCUT2D eigenvalue weighted by Crippen LogP contribution is -2.42. The largest absolute Gasteiger partial charge is 0.466 e. The fourth-order valence-corrected chi connectivity index (χ4v) is 3.22. The number of carbonyl (C=O) groups is 3. The molecule has 1 N–H and O–H groups in total. The van der Waals surface area contributed by atoms with Crippen LogP contribution in [0, 0.1) is 0 Å². The van der Waals surface area contributed by atoms with Crippen LogP contribution in [-0.4, -0.2) is 51.7 Å². The van der Waals surface area contributed by atoms with Gasteiger partial charge in [-0.05, 0) is 45.0 Å². The minimum absolute atomic E-state index is 0.0127. The second-order valence-corrected chi connectivity index (χ2v) is 9.46. The second kappa shape index (κ2) is 11.3. The molecule has 1 aromatic carbocycles. The molecular formula is C24H33ClN4O4. The average Bonchev–Trinajstić information content (AvgIpc) is 3.15. The minimum atomic E-state index is -0.430. The van der Waals surface area contributed by atoms with Crippen LogP contribution in [0.25, 0.3) is 5.69 Å². The number of nitrogens with one attached hydrogen (secondary N) is 1. The van der Waals surface area contributed by atoms with E-state index in [1.165, 1.54) is 4.90 Å². The lowest BCUT2D eigenvalue weighted by Gasteiger charge is -2.26. The third kappa shape index (κ3) is 7.60. The Morgan fingerprint density at radius 2 is 1.79 bits per heavy atom. The molecule has 2 amide bonds. The molecule has 0 atom stereocenters. The van der Waals surface area contributed by atoms with Crippen LogP contribution in [0.1, 0.15) is 60.1 Å². The summed E-state index contributed by atoms with van der Waals surface area (Å²) in [6.07, 6.45) is -0.0308. The highest BCUT2D eigenvalue weighted by molar-refractivity contribution is 6.30. The first-order chi connectivity index (χ1) is 15.4. The highest BCUT2D eigenvalue weighted by Gasteiger charge is 2.24. The Morgan fingerprint density at radius 1 is 1.15 bits per heavy atom. The van der Waals surface area contributed by atoms with Crippen LogP contribution in [0.4, 0.5) is 5.82 Å². The normalized spacial score (nSPS) is 11.4. The van der Waals surface area contributed by atoms with Gasteiger partial charge in [-0.2, -0.15) is 5.10 Å². The first-order valence-corrected chi connectivity index (χ1v) is 11.4. The number of amides is 2. The van der Waals surface area contributed by atoms with E-state index in [2.05, 4.69) is 10.4 Å². The Bertz CT molecular complexity index is 977. The molecule has 0 saturated heterocycles. The van der Waals surface area contributed by atoms with Crippen molar-refractivity contribution in [3.8, 4) is 5.69 Å². The zero-order chi connectivity index (χ0) is 24.8. The highest BCUT2D eigenvalue weighted by atomic mass is 35.5. The Kier molecular flexibility index (Phi) is 9.05. The molecule has 1 aromatic heterocycles. The molecule has 9 heteroatoms. The van der Waals surface area contributed by atoms with Gasteiger partial charge in [0.15, 0.2) is 0 Å². The van der Waals surface area contributed by atoms with E-state index in [4.69, 9.17) is 16.3 Å². The molecule has 8 nitrogen and oxygen atoms in total. The van der Waals surface area contributed by atoms with E-state index in [-0.39, 0.29) is 49.3 Å². The van der Waals surface area contributed by atoms with Crippen molar-refractivity contribution in [2.75, 3.05) is 18.5 Å². The summed E-state index contributed by atoms with van der Waals surface area (Å²) in [5.41, 5.74) is 1.32. The number of aromatic nitrogens is 2. The van der Waals surface area contributed by atoms with Gasteiger partial charge < -0.3 is 15.0 Å². The molecule has 0 aliphatic heterocycles. The molecule has 0 aliphatic carbocycles. The Balaban J connectivity index is 2.20. The number of hydrogen-bond acceptors (Lipinski definition) is 5. The van der Waals surface area contributed by atoms with Crippen molar-refractivity contribution in [3.05, 3.63) is 41.0 Å². The number of ether oxygens (including phenoxy) is 1. The molecule has 0 fully saturated rings. The molecule has 0 aliphatic rings. The third-order valence-electron chi connectivity index (χ3n) is 4.92. The van der Waals surface area contributed by atoms with Crippen LogP contribution < -0.4 is 5.32 Å². The lowest BCUT2D eigenvalue weighted by atomic mass is 9.92. The van der Waals surface area contributed by atoms with E-state index in [1.54, 1.807) is 23.7 Å². The zero-order valence-corrected chi connectivity index (χ0v) is 20.9. The number of nitrogens with zero attached hydrogens (tertiary/aromatic N) is 3. The molecule has 0 unspecified atom stereocenters. The zero-order valence-electron chi connectivity index (χ0n) is 20.1. The monoisotopic (exact) mass is 476 g/mol. The first-order valence-electron chi connectivity index (χ1n) is 11.0. The Labute approximate surface area is 200 Å². The van der Waals surface area contributed by atoms with Gasteiger partial charge >= 0.3 is 5.97 Å². The predicted octanol–water partition coefficient (Wildman–Crippen LogP) is 4.34. The Hall–Kier alpha value is -2.87. The number of esters is 1. The molecule has 1 heterocycles. The van der Waals surface area contributed by atoms with Crippen molar-refractivity contribution in [1.82, 2.24) is 14.7 Å². The standard InChI is InChI=1S/C24H33ClN4O4/c1-7-33-23(32)13-12-22(31)28(16(2)3)15-21(30)26-20-14-19(24(4,5)6)27-29(20)18-10-8-17(25)9-11-18/h8-11,14,16H,7,12-13,15H2,1-6H3,(H,26,30). The smallest absolute Gasteiger partial charge is 0.306 e. The van der Waals surface area contributed by atoms with Gasteiger partial charge in [0.05, 0.1) is 24.4 Å². The quantitative estimate of drug-likeness (QED) is 0.543. The van der Waals surface area contributed by atoms with Crippen LogP contribution in [0.3, 0.4) is 0 Å². The van der Waals surface area contributed by atoms with E-state index >= 15 is 0 Å². The van der Waals surface area contributed by atoms with Crippen LogP contribution in [0.15, 0.2) is 30.3 Å². The van der Waals surface area contributed by atoms with Crippen molar-refractivity contribution in [2.45, 2.75) is 65.8 Å². The lowest BCUT2D eigenvalue weighted by molar-refractivity contribution is -0.146. The summed E-state index contributed by atoms with van der Waals surface area (Å²) in [6.45, 7) is 11.6. The maximum atomic E-state index is 12.9. The summed E-state index contributed by atoms with van der Waals surface area (Å²) in [4.78, 5) is 38.6. The third-order valence-corrected chi connectivity index (χ3v) is 5.17. The Morgan fingerprint density at radius 3 is 2.33 bits per heavy atom. The number of halogens is 1. The summed E-state index contributed by atoms with van der Waals surface area (Å²) in [7, 11) is 0. The number of anilines is 1. The number of rotatable bonds is 9. The fraction of sp³-hybridized carbons (Fsp3) is 0.500. The molecule has 0 bridgehead atoms. The van der Waals surface area contributed by atoms with Crippen LogP contribution in [0.2, 0.25) is 5.02 Å². The molecule has 0 spiro atoms. The molecule has 0 radical (unpaired) electrons. The van der Waals surface area contributed by atoms with Crippen molar-refractivity contribution in [2.24, 2.45) is 0 Å². The topological polar surface area (TPSA) is 93.5 Å². The van der Waals surface area contributed by atoms with Crippen LogP contribution in [-0.2, 0) is 24.5 Å². The first kappa shape index (κ1) is 26.4. The molecule has 0 saturated carbocycles. The molecule has 2 aromatic rings. The maximum Gasteiger partial charge on any atom is 0.306 e. The minimum Gasteiger partial charge on any atom is -0.466 e. The molecule has 180 valence electrons. The van der Waals surface area contributed by atoms with E-state index in [0.29, 0.717) is 10.8 Å². The summed E-state index contributed by atoms with van der Waals surface area (Å²) < 4.78 is 6.53. The van der Waals surface area contributed by atoms with E-state index < -0.39 is 5.97 Å². The predicted molar refractivity (Wildman–Crippen MR) is 129 cm³/mol. The van der Waals surface area contributed by atoms with Crippen molar-refractivity contribution >= 4 is 35.2 Å². The van der Waals surface area contributed by atoms with Gasteiger partial charge in [-0.1, -0.05) is 32.4 Å². The number of carbonyl (C=O) groups excluding carboxylic acids is 3. The van der Waals surface area contributed by atoms with E-state index in [1.807, 2.05) is 52.8 Å². The van der Waals surface area contributed by atoms with Crippen molar-refractivity contribution in [3.63, 3.8) is 0 Å². The van der Waals surface area contributed by atoms with Gasteiger partial charge in [-0.25, -0.2) is 4.68 Å². The average molecular weight is 477 g/mol. The SMILES string of the molecule is CCOC(=O)CCC(=O)N(CC(=O)Nc1cc(C(C)(C)C)nn1-c1ccc(Cl)cc1)C(C)C.